The number of benzene rings is 1. The number of aliphatic carboxylic acids is 1. The minimum Gasteiger partial charge on any atom is -0.478 e. The summed E-state index contributed by atoms with van der Waals surface area (Å²) >= 11 is 0. The minimum absolute atomic E-state index is 0.245. The normalized spacial score (nSPS) is 14.9. The van der Waals surface area contributed by atoms with Crippen LogP contribution in [0.25, 0.3) is 5.57 Å². The summed E-state index contributed by atoms with van der Waals surface area (Å²) in [5.41, 5.74) is 3.89. The third-order valence-electron chi connectivity index (χ3n) is 2.94. The second kappa shape index (κ2) is 4.49. The maximum atomic E-state index is 10.6. The first-order valence-electron chi connectivity index (χ1n) is 5.37. The lowest BCUT2D eigenvalue weighted by Crippen LogP contribution is -1.97. The molecule has 0 aliphatic heterocycles. The van der Waals surface area contributed by atoms with Gasteiger partial charge in [-0.25, -0.2) is 4.79 Å². The first-order chi connectivity index (χ1) is 7.70. The van der Waals surface area contributed by atoms with E-state index in [4.69, 9.17) is 10.2 Å². The largest absolute Gasteiger partial charge is 0.478 e. The topological polar surface area (TPSA) is 57.5 Å². The summed E-state index contributed by atoms with van der Waals surface area (Å²) in [6.45, 7) is -0.245. The number of carbonyl (C=O) groups is 1. The molecular formula is C13H14O3. The molecule has 2 N–H and O–H groups in total. The predicted molar refractivity (Wildman–Crippen MR) is 61.2 cm³/mol. The van der Waals surface area contributed by atoms with Crippen molar-refractivity contribution in [1.82, 2.24) is 0 Å². The van der Waals surface area contributed by atoms with Gasteiger partial charge >= 0.3 is 5.97 Å². The molecule has 1 aliphatic carbocycles. The van der Waals surface area contributed by atoms with Crippen molar-refractivity contribution < 1.29 is 15.0 Å². The minimum atomic E-state index is -1.02. The molecule has 1 aromatic rings. The van der Waals surface area contributed by atoms with Gasteiger partial charge in [-0.3, -0.25) is 0 Å². The molecule has 1 aliphatic rings. The van der Waals surface area contributed by atoms with E-state index in [1.54, 1.807) is 0 Å². The summed E-state index contributed by atoms with van der Waals surface area (Å²) in [7, 11) is 0. The molecule has 0 saturated carbocycles. The number of carboxylic acids is 1. The van der Waals surface area contributed by atoms with Crippen molar-refractivity contribution >= 4 is 11.5 Å². The Labute approximate surface area is 94.0 Å². The molecule has 0 aromatic heterocycles. The Balaban J connectivity index is 2.36. The first kappa shape index (κ1) is 10.9. The molecule has 16 heavy (non-hydrogen) atoms. The van der Waals surface area contributed by atoms with Crippen LogP contribution in [0.2, 0.25) is 0 Å². The van der Waals surface area contributed by atoms with Gasteiger partial charge in [-0.15, -0.1) is 0 Å². The first-order valence-corrected chi connectivity index (χ1v) is 5.37. The standard InChI is InChI=1S/C13H14O3/c14-8-12(7-13(15)16)11-5-4-9-2-1-3-10(9)6-11/h4-7,14H,1-3,8H2,(H,15,16)/b12-7+. The fourth-order valence-corrected chi connectivity index (χ4v) is 2.14. The summed E-state index contributed by atoms with van der Waals surface area (Å²) in [6.07, 6.45) is 4.38. The number of aliphatic hydroxyl groups excluding tert-OH is 1. The predicted octanol–water partition coefficient (Wildman–Crippen LogP) is 1.64. The maximum Gasteiger partial charge on any atom is 0.328 e. The van der Waals surface area contributed by atoms with Gasteiger partial charge in [0.05, 0.1) is 6.61 Å². The zero-order valence-corrected chi connectivity index (χ0v) is 8.94. The molecule has 0 heterocycles. The molecule has 0 radical (unpaired) electrons. The zero-order valence-electron chi connectivity index (χ0n) is 8.94. The quantitative estimate of drug-likeness (QED) is 0.758. The van der Waals surface area contributed by atoms with Crippen LogP contribution in [0.4, 0.5) is 0 Å². The van der Waals surface area contributed by atoms with Gasteiger partial charge in [0, 0.05) is 6.08 Å². The van der Waals surface area contributed by atoms with E-state index in [-0.39, 0.29) is 6.61 Å². The van der Waals surface area contributed by atoms with Crippen LogP contribution < -0.4 is 0 Å². The Morgan fingerprint density at radius 2 is 2.06 bits per heavy atom. The lowest BCUT2D eigenvalue weighted by molar-refractivity contribution is -0.131. The molecule has 0 fully saturated rings. The van der Waals surface area contributed by atoms with E-state index in [9.17, 15) is 4.79 Å². The van der Waals surface area contributed by atoms with Gasteiger partial charge in [-0.05, 0) is 41.5 Å². The molecular weight excluding hydrogens is 204 g/mol. The van der Waals surface area contributed by atoms with Crippen LogP contribution in [0.5, 0.6) is 0 Å². The molecule has 84 valence electrons. The summed E-state index contributed by atoms with van der Waals surface area (Å²) in [5, 5.41) is 17.8. The number of rotatable bonds is 3. The lowest BCUT2D eigenvalue weighted by Gasteiger charge is -2.06. The molecule has 3 heteroatoms. The highest BCUT2D eigenvalue weighted by Crippen LogP contribution is 2.25. The molecule has 0 atom stereocenters. The monoisotopic (exact) mass is 218 g/mol. The summed E-state index contributed by atoms with van der Waals surface area (Å²) in [5.74, 6) is -1.02. The molecule has 0 saturated heterocycles. The highest BCUT2D eigenvalue weighted by atomic mass is 16.4. The fourth-order valence-electron chi connectivity index (χ4n) is 2.14. The average molecular weight is 218 g/mol. The average Bonchev–Trinajstić information content (AvgIpc) is 2.72. The van der Waals surface area contributed by atoms with Crippen molar-refractivity contribution in [2.45, 2.75) is 19.3 Å². The summed E-state index contributed by atoms with van der Waals surface area (Å²) < 4.78 is 0. The van der Waals surface area contributed by atoms with Gasteiger partial charge in [-0.1, -0.05) is 18.2 Å². The van der Waals surface area contributed by atoms with Crippen molar-refractivity contribution in [3.05, 3.63) is 41.0 Å². The maximum absolute atomic E-state index is 10.6. The SMILES string of the molecule is O=C(O)/C=C(\CO)c1ccc2c(c1)CCC2. The van der Waals surface area contributed by atoms with Crippen LogP contribution in [-0.4, -0.2) is 22.8 Å². The number of aliphatic hydroxyl groups is 1. The van der Waals surface area contributed by atoms with Gasteiger partial charge in [0.2, 0.25) is 0 Å². The third kappa shape index (κ3) is 2.14. The Morgan fingerprint density at radius 1 is 1.31 bits per heavy atom. The van der Waals surface area contributed by atoms with E-state index >= 15 is 0 Å². The van der Waals surface area contributed by atoms with Crippen molar-refractivity contribution in [3.63, 3.8) is 0 Å². The van der Waals surface area contributed by atoms with Crippen LogP contribution in [0.15, 0.2) is 24.3 Å². The van der Waals surface area contributed by atoms with Gasteiger partial charge in [-0.2, -0.15) is 0 Å². The molecule has 2 rings (SSSR count). The van der Waals surface area contributed by atoms with Crippen molar-refractivity contribution in [3.8, 4) is 0 Å². The van der Waals surface area contributed by atoms with E-state index in [1.807, 2.05) is 18.2 Å². The number of fused-ring (bicyclic) bond motifs is 1. The third-order valence-corrected chi connectivity index (χ3v) is 2.94. The summed E-state index contributed by atoms with van der Waals surface area (Å²) in [6, 6.07) is 5.91. The van der Waals surface area contributed by atoms with Crippen LogP contribution in [0.1, 0.15) is 23.1 Å². The molecule has 0 unspecified atom stereocenters. The highest BCUT2D eigenvalue weighted by Gasteiger charge is 2.12. The summed E-state index contributed by atoms with van der Waals surface area (Å²) in [4.78, 5) is 10.6. The van der Waals surface area contributed by atoms with E-state index in [2.05, 4.69) is 0 Å². The number of carboxylic acid groups (broad SMARTS) is 1. The van der Waals surface area contributed by atoms with E-state index in [0.29, 0.717) is 5.57 Å². The van der Waals surface area contributed by atoms with Crippen LogP contribution in [0, 0.1) is 0 Å². The van der Waals surface area contributed by atoms with Crippen LogP contribution in [-0.2, 0) is 17.6 Å². The lowest BCUT2D eigenvalue weighted by atomic mass is 10.0. The highest BCUT2D eigenvalue weighted by molar-refractivity contribution is 5.90. The van der Waals surface area contributed by atoms with Crippen LogP contribution >= 0.6 is 0 Å². The second-order valence-electron chi connectivity index (χ2n) is 4.00. The van der Waals surface area contributed by atoms with Gasteiger partial charge in [0.15, 0.2) is 0 Å². The number of aryl methyl sites for hydroxylation is 2. The van der Waals surface area contributed by atoms with Gasteiger partial charge < -0.3 is 10.2 Å². The Kier molecular flexibility index (Phi) is 3.06. The number of hydrogen-bond acceptors (Lipinski definition) is 2. The van der Waals surface area contributed by atoms with E-state index in [1.165, 1.54) is 11.1 Å². The van der Waals surface area contributed by atoms with Gasteiger partial charge in [0.25, 0.3) is 0 Å². The van der Waals surface area contributed by atoms with Crippen molar-refractivity contribution in [2.24, 2.45) is 0 Å². The van der Waals surface area contributed by atoms with Gasteiger partial charge in [0.1, 0.15) is 0 Å². The zero-order chi connectivity index (χ0) is 11.5. The molecule has 0 amide bonds. The van der Waals surface area contributed by atoms with Crippen LogP contribution in [0.3, 0.4) is 0 Å². The van der Waals surface area contributed by atoms with Crippen molar-refractivity contribution in [2.75, 3.05) is 6.61 Å². The van der Waals surface area contributed by atoms with E-state index in [0.717, 1.165) is 30.9 Å². The number of hydrogen-bond donors (Lipinski definition) is 2. The second-order valence-corrected chi connectivity index (χ2v) is 4.00. The smallest absolute Gasteiger partial charge is 0.328 e. The Morgan fingerprint density at radius 3 is 2.75 bits per heavy atom. The molecule has 3 nitrogen and oxygen atoms in total. The Hall–Kier alpha value is -1.61. The molecule has 1 aromatic carbocycles. The van der Waals surface area contributed by atoms with E-state index < -0.39 is 5.97 Å². The van der Waals surface area contributed by atoms with Crippen molar-refractivity contribution in [1.29, 1.82) is 0 Å². The fraction of sp³-hybridized carbons (Fsp3) is 0.308. The Bertz CT molecular complexity index is 446. The molecule has 0 spiro atoms. The molecule has 0 bridgehead atoms.